The van der Waals surface area contributed by atoms with E-state index >= 15 is 0 Å². The van der Waals surface area contributed by atoms with Crippen molar-refractivity contribution in [2.24, 2.45) is 0 Å². The van der Waals surface area contributed by atoms with E-state index in [9.17, 15) is 9.50 Å². The molecule has 106 valence electrons. The van der Waals surface area contributed by atoms with Gasteiger partial charge in [-0.05, 0) is 42.3 Å². The number of hydrogen-bond donors (Lipinski definition) is 1. The van der Waals surface area contributed by atoms with Crippen molar-refractivity contribution >= 4 is 21.6 Å². The van der Waals surface area contributed by atoms with Crippen LogP contribution in [-0.4, -0.2) is 12.2 Å². The molecule has 1 unspecified atom stereocenters. The van der Waals surface area contributed by atoms with E-state index in [-0.39, 0.29) is 5.82 Å². The predicted octanol–water partition coefficient (Wildman–Crippen LogP) is 4.28. The van der Waals surface area contributed by atoms with Crippen LogP contribution in [0.5, 0.6) is 0 Å². The van der Waals surface area contributed by atoms with Crippen molar-refractivity contribution in [1.82, 2.24) is 0 Å². The van der Waals surface area contributed by atoms with Gasteiger partial charge in [0, 0.05) is 23.8 Å². The number of hydrogen-bond acceptors (Lipinski definition) is 2. The summed E-state index contributed by atoms with van der Waals surface area (Å²) in [4.78, 5) is 2.03. The molecule has 2 nitrogen and oxygen atoms in total. The Hall–Kier alpha value is -1.39. The minimum absolute atomic E-state index is 0.221. The Morgan fingerprint density at radius 1 is 1.25 bits per heavy atom. The summed E-state index contributed by atoms with van der Waals surface area (Å²) in [5.41, 5.74) is 2.78. The molecular weight excluding hydrogens is 321 g/mol. The fourth-order valence-electron chi connectivity index (χ4n) is 2.09. The summed E-state index contributed by atoms with van der Waals surface area (Å²) in [5, 5.41) is 9.61. The van der Waals surface area contributed by atoms with E-state index in [0.29, 0.717) is 6.54 Å². The fraction of sp³-hybridized carbons (Fsp3) is 0.250. The number of rotatable bonds is 4. The van der Waals surface area contributed by atoms with Crippen LogP contribution in [0, 0.1) is 5.82 Å². The summed E-state index contributed by atoms with van der Waals surface area (Å²) in [6.45, 7) is 2.36. The molecule has 0 amide bonds. The van der Waals surface area contributed by atoms with Crippen molar-refractivity contribution in [1.29, 1.82) is 0 Å². The molecule has 4 heteroatoms. The van der Waals surface area contributed by atoms with Gasteiger partial charge in [0.05, 0.1) is 6.10 Å². The molecule has 0 heterocycles. The van der Waals surface area contributed by atoms with Gasteiger partial charge < -0.3 is 10.0 Å². The van der Waals surface area contributed by atoms with Crippen LogP contribution >= 0.6 is 15.9 Å². The molecule has 0 saturated carbocycles. The number of nitrogens with zero attached hydrogens (tertiary/aromatic N) is 1. The van der Waals surface area contributed by atoms with Gasteiger partial charge in [-0.1, -0.05) is 34.1 Å². The summed E-state index contributed by atoms with van der Waals surface area (Å²) in [7, 11) is 1.95. The van der Waals surface area contributed by atoms with Gasteiger partial charge >= 0.3 is 0 Å². The summed E-state index contributed by atoms with van der Waals surface area (Å²) >= 11 is 3.47. The number of anilines is 1. The lowest BCUT2D eigenvalue weighted by Gasteiger charge is -2.21. The highest BCUT2D eigenvalue weighted by Gasteiger charge is 2.09. The highest BCUT2D eigenvalue weighted by molar-refractivity contribution is 9.10. The van der Waals surface area contributed by atoms with Crippen molar-refractivity contribution in [2.45, 2.75) is 19.6 Å². The topological polar surface area (TPSA) is 23.5 Å². The molecule has 1 N–H and O–H groups in total. The molecule has 0 saturated heterocycles. The zero-order valence-corrected chi connectivity index (χ0v) is 13.1. The Morgan fingerprint density at radius 2 is 2.00 bits per heavy atom. The SMILES string of the molecule is CC(O)c1ccc(N(C)Cc2cccc(F)c2)cc1Br. The maximum Gasteiger partial charge on any atom is 0.123 e. The van der Waals surface area contributed by atoms with Crippen LogP contribution in [-0.2, 0) is 6.54 Å². The lowest BCUT2D eigenvalue weighted by atomic mass is 10.1. The first kappa shape index (κ1) is 15.0. The van der Waals surface area contributed by atoms with Crippen molar-refractivity contribution in [3.8, 4) is 0 Å². The van der Waals surface area contributed by atoms with Crippen LogP contribution in [0.25, 0.3) is 0 Å². The fourth-order valence-corrected chi connectivity index (χ4v) is 2.79. The van der Waals surface area contributed by atoms with E-state index in [0.717, 1.165) is 21.3 Å². The molecule has 0 aliphatic carbocycles. The van der Waals surface area contributed by atoms with E-state index in [4.69, 9.17) is 0 Å². The third kappa shape index (κ3) is 3.58. The Kier molecular flexibility index (Phi) is 4.78. The minimum atomic E-state index is -0.507. The van der Waals surface area contributed by atoms with Crippen LogP contribution in [0.15, 0.2) is 46.9 Å². The van der Waals surface area contributed by atoms with E-state index < -0.39 is 6.10 Å². The Morgan fingerprint density at radius 3 is 2.60 bits per heavy atom. The normalized spacial score (nSPS) is 12.2. The molecule has 2 aromatic carbocycles. The number of aliphatic hydroxyl groups excluding tert-OH is 1. The largest absolute Gasteiger partial charge is 0.389 e. The molecule has 1 atom stereocenters. The van der Waals surface area contributed by atoms with Crippen molar-refractivity contribution in [2.75, 3.05) is 11.9 Å². The zero-order valence-electron chi connectivity index (χ0n) is 11.5. The van der Waals surface area contributed by atoms with Gasteiger partial charge in [0.1, 0.15) is 5.82 Å². The summed E-state index contributed by atoms with van der Waals surface area (Å²) in [6.07, 6.45) is -0.507. The van der Waals surface area contributed by atoms with E-state index in [1.165, 1.54) is 12.1 Å². The second-order valence-electron chi connectivity index (χ2n) is 4.87. The first-order valence-electron chi connectivity index (χ1n) is 6.40. The van der Waals surface area contributed by atoms with Gasteiger partial charge in [-0.2, -0.15) is 0 Å². The third-order valence-corrected chi connectivity index (χ3v) is 3.87. The lowest BCUT2D eigenvalue weighted by Crippen LogP contribution is -2.16. The van der Waals surface area contributed by atoms with Crippen molar-refractivity contribution in [3.63, 3.8) is 0 Å². The smallest absolute Gasteiger partial charge is 0.123 e. The second-order valence-corrected chi connectivity index (χ2v) is 5.72. The Balaban J connectivity index is 2.17. The summed E-state index contributed by atoms with van der Waals surface area (Å²) in [5.74, 6) is -0.221. The van der Waals surface area contributed by atoms with Gasteiger partial charge in [-0.25, -0.2) is 4.39 Å². The van der Waals surface area contributed by atoms with Gasteiger partial charge in [-0.3, -0.25) is 0 Å². The molecule has 2 aromatic rings. The van der Waals surface area contributed by atoms with Crippen molar-refractivity contribution in [3.05, 3.63) is 63.9 Å². The quantitative estimate of drug-likeness (QED) is 0.900. The zero-order chi connectivity index (χ0) is 14.7. The maximum absolute atomic E-state index is 13.2. The van der Waals surface area contributed by atoms with E-state index in [1.54, 1.807) is 13.0 Å². The number of benzene rings is 2. The molecule has 20 heavy (non-hydrogen) atoms. The molecule has 0 spiro atoms. The van der Waals surface area contributed by atoms with Gasteiger partial charge in [0.15, 0.2) is 0 Å². The first-order valence-corrected chi connectivity index (χ1v) is 7.20. The predicted molar refractivity (Wildman–Crippen MR) is 83.3 cm³/mol. The average molecular weight is 338 g/mol. The van der Waals surface area contributed by atoms with Gasteiger partial charge in [0.25, 0.3) is 0 Å². The van der Waals surface area contributed by atoms with Crippen molar-refractivity contribution < 1.29 is 9.50 Å². The monoisotopic (exact) mass is 337 g/mol. The Labute approximate surface area is 127 Å². The Bertz CT molecular complexity index is 601. The number of halogens is 2. The molecule has 0 aliphatic heterocycles. The van der Waals surface area contributed by atoms with Crippen LogP contribution in [0.1, 0.15) is 24.2 Å². The third-order valence-electron chi connectivity index (χ3n) is 3.18. The summed E-state index contributed by atoms with van der Waals surface area (Å²) in [6, 6.07) is 12.4. The summed E-state index contributed by atoms with van der Waals surface area (Å²) < 4.78 is 14.0. The van der Waals surface area contributed by atoms with Gasteiger partial charge in [-0.15, -0.1) is 0 Å². The highest BCUT2D eigenvalue weighted by Crippen LogP contribution is 2.28. The number of aliphatic hydroxyl groups is 1. The van der Waals surface area contributed by atoms with E-state index in [2.05, 4.69) is 15.9 Å². The maximum atomic E-state index is 13.2. The molecule has 0 aliphatic rings. The molecule has 0 fully saturated rings. The van der Waals surface area contributed by atoms with Crippen LogP contribution < -0.4 is 4.90 Å². The first-order chi connectivity index (χ1) is 9.47. The minimum Gasteiger partial charge on any atom is -0.389 e. The standard InChI is InChI=1S/C16H17BrFNO/c1-11(20)15-7-6-14(9-16(15)17)19(2)10-12-4-3-5-13(18)8-12/h3-9,11,20H,10H2,1-2H3. The van der Waals surface area contributed by atoms with Gasteiger partial charge in [0.2, 0.25) is 0 Å². The van der Waals surface area contributed by atoms with E-state index in [1.807, 2.05) is 36.2 Å². The highest BCUT2D eigenvalue weighted by atomic mass is 79.9. The van der Waals surface area contributed by atoms with Crippen LogP contribution in [0.4, 0.5) is 10.1 Å². The molecule has 2 rings (SSSR count). The molecular formula is C16H17BrFNO. The second kappa shape index (κ2) is 6.37. The molecule has 0 bridgehead atoms. The molecule has 0 radical (unpaired) electrons. The van der Waals surface area contributed by atoms with Crippen LogP contribution in [0.3, 0.4) is 0 Å². The lowest BCUT2D eigenvalue weighted by molar-refractivity contribution is 0.198. The molecule has 0 aromatic heterocycles. The average Bonchev–Trinajstić information content (AvgIpc) is 2.38. The van der Waals surface area contributed by atoms with Crippen LogP contribution in [0.2, 0.25) is 0 Å².